The van der Waals surface area contributed by atoms with Crippen LogP contribution in [0.5, 0.6) is 0 Å². The van der Waals surface area contributed by atoms with E-state index in [0.717, 1.165) is 0 Å². The van der Waals surface area contributed by atoms with Gasteiger partial charge in [-0.3, -0.25) is 0 Å². The molecule has 0 heterocycles. The van der Waals surface area contributed by atoms with E-state index < -0.39 is 0 Å². The quantitative estimate of drug-likeness (QED) is 0.153. The van der Waals surface area contributed by atoms with E-state index in [9.17, 15) is 0 Å². The van der Waals surface area contributed by atoms with Gasteiger partial charge in [-0.25, -0.2) is 0 Å². The van der Waals surface area contributed by atoms with Gasteiger partial charge >= 0.3 is 0 Å². The van der Waals surface area contributed by atoms with Gasteiger partial charge in [0.2, 0.25) is 0 Å². The Kier molecular flexibility index (Phi) is 7.99. The molecule has 12 rings (SSSR count). The van der Waals surface area contributed by atoms with Crippen molar-refractivity contribution in [2.24, 2.45) is 0 Å². The summed E-state index contributed by atoms with van der Waals surface area (Å²) in [5, 5.41) is 10.2. The molecule has 0 atom stereocenters. The van der Waals surface area contributed by atoms with E-state index in [1.807, 2.05) is 0 Å². The number of hydrogen-bond donors (Lipinski definition) is 0. The van der Waals surface area contributed by atoms with Crippen molar-refractivity contribution in [3.8, 4) is 66.8 Å². The molecular formula is C61H42. The standard InChI is InChI=1S/C61H42/c1-61(2)55-28-16-15-21-45(55)46-35-34-44(38-56(46)61)60-52-27-14-13-26-51(52)58(41-19-7-4-8-20-41)53-36-33-43(37-54(53)60)39-29-31-42(32-30-39)59-49-24-11-9-22-47(49)57(40-17-5-3-6-18-40)48-23-10-12-25-50(48)59/h3-38H,1-2H3. The van der Waals surface area contributed by atoms with E-state index in [-0.39, 0.29) is 5.41 Å². The molecule has 0 amide bonds. The normalized spacial score (nSPS) is 12.9. The molecule has 0 saturated carbocycles. The molecule has 0 fully saturated rings. The van der Waals surface area contributed by atoms with Gasteiger partial charge < -0.3 is 0 Å². The molecule has 61 heavy (non-hydrogen) atoms. The summed E-state index contributed by atoms with van der Waals surface area (Å²) < 4.78 is 0. The highest BCUT2D eigenvalue weighted by Crippen LogP contribution is 2.52. The highest BCUT2D eigenvalue weighted by Gasteiger charge is 2.35. The second-order valence-corrected chi connectivity index (χ2v) is 17.1. The third-order valence-corrected chi connectivity index (χ3v) is 13.5. The van der Waals surface area contributed by atoms with Crippen LogP contribution in [-0.4, -0.2) is 0 Å². The number of fused-ring (bicyclic) bond motifs is 7. The van der Waals surface area contributed by atoms with Crippen LogP contribution in [0.1, 0.15) is 25.0 Å². The average molecular weight is 775 g/mol. The van der Waals surface area contributed by atoms with E-state index in [1.165, 1.54) is 121 Å². The number of benzene rings is 11. The highest BCUT2D eigenvalue weighted by molar-refractivity contribution is 6.23. The topological polar surface area (TPSA) is 0 Å². The molecule has 0 heteroatoms. The Hall–Kier alpha value is -7.54. The summed E-state index contributed by atoms with van der Waals surface area (Å²) in [7, 11) is 0. The summed E-state index contributed by atoms with van der Waals surface area (Å²) >= 11 is 0. The van der Waals surface area contributed by atoms with Crippen LogP contribution in [0.25, 0.3) is 110 Å². The minimum absolute atomic E-state index is 0.0943. The molecule has 0 aromatic heterocycles. The maximum Gasteiger partial charge on any atom is 0.0159 e. The molecule has 0 nitrogen and oxygen atoms in total. The van der Waals surface area contributed by atoms with Gasteiger partial charge in [0.25, 0.3) is 0 Å². The Morgan fingerprint density at radius 1 is 0.230 bits per heavy atom. The molecule has 11 aromatic rings. The van der Waals surface area contributed by atoms with E-state index in [1.54, 1.807) is 0 Å². The van der Waals surface area contributed by atoms with E-state index in [2.05, 4.69) is 232 Å². The predicted octanol–water partition coefficient (Wildman–Crippen LogP) is 16.9. The number of hydrogen-bond acceptors (Lipinski definition) is 0. The van der Waals surface area contributed by atoms with E-state index in [4.69, 9.17) is 0 Å². The zero-order valence-corrected chi connectivity index (χ0v) is 34.3. The minimum Gasteiger partial charge on any atom is -0.0622 e. The Morgan fingerprint density at radius 2 is 0.590 bits per heavy atom. The van der Waals surface area contributed by atoms with E-state index in [0.29, 0.717) is 0 Å². The van der Waals surface area contributed by atoms with Crippen LogP contribution < -0.4 is 0 Å². The Labute approximate surface area is 357 Å². The van der Waals surface area contributed by atoms with Crippen molar-refractivity contribution in [2.45, 2.75) is 19.3 Å². The first kappa shape index (κ1) is 35.4. The fourth-order valence-corrected chi connectivity index (χ4v) is 10.6. The third-order valence-electron chi connectivity index (χ3n) is 13.5. The smallest absolute Gasteiger partial charge is 0.0159 e. The Balaban J connectivity index is 1.06. The molecular weight excluding hydrogens is 733 g/mol. The molecule has 1 aliphatic carbocycles. The van der Waals surface area contributed by atoms with Gasteiger partial charge in [0, 0.05) is 5.41 Å². The Morgan fingerprint density at radius 3 is 1.11 bits per heavy atom. The van der Waals surface area contributed by atoms with Gasteiger partial charge in [0.1, 0.15) is 0 Å². The lowest BCUT2D eigenvalue weighted by atomic mass is 9.80. The maximum absolute atomic E-state index is 2.48. The molecule has 0 unspecified atom stereocenters. The van der Waals surface area contributed by atoms with Crippen LogP contribution >= 0.6 is 0 Å². The average Bonchev–Trinajstić information content (AvgIpc) is 3.55. The third kappa shape index (κ3) is 5.46. The lowest BCUT2D eigenvalue weighted by molar-refractivity contribution is 0.660. The highest BCUT2D eigenvalue weighted by atomic mass is 14.4. The van der Waals surface area contributed by atoms with Gasteiger partial charge in [-0.1, -0.05) is 220 Å². The van der Waals surface area contributed by atoms with Crippen LogP contribution in [0.15, 0.2) is 218 Å². The fraction of sp³-hybridized carbons (Fsp3) is 0.0492. The molecule has 1 aliphatic rings. The largest absolute Gasteiger partial charge is 0.0622 e. The van der Waals surface area contributed by atoms with Gasteiger partial charge in [0.05, 0.1) is 0 Å². The van der Waals surface area contributed by atoms with Gasteiger partial charge in [-0.2, -0.15) is 0 Å². The molecule has 0 spiro atoms. The van der Waals surface area contributed by atoms with Crippen molar-refractivity contribution < 1.29 is 0 Å². The first-order chi connectivity index (χ1) is 30.0. The summed E-state index contributed by atoms with van der Waals surface area (Å²) in [5.41, 5.74) is 17.9. The predicted molar refractivity (Wildman–Crippen MR) is 261 cm³/mol. The first-order valence-corrected chi connectivity index (χ1v) is 21.4. The summed E-state index contributed by atoms with van der Waals surface area (Å²) in [6.07, 6.45) is 0. The van der Waals surface area contributed by atoms with Gasteiger partial charge in [-0.05, 0) is 133 Å². The van der Waals surface area contributed by atoms with Crippen molar-refractivity contribution in [3.05, 3.63) is 230 Å². The van der Waals surface area contributed by atoms with Crippen molar-refractivity contribution in [1.29, 1.82) is 0 Å². The van der Waals surface area contributed by atoms with Crippen LogP contribution in [-0.2, 0) is 5.41 Å². The lowest BCUT2D eigenvalue weighted by Gasteiger charge is -2.23. The summed E-state index contributed by atoms with van der Waals surface area (Å²) in [4.78, 5) is 0. The monoisotopic (exact) mass is 774 g/mol. The molecule has 0 saturated heterocycles. The van der Waals surface area contributed by atoms with Crippen molar-refractivity contribution in [1.82, 2.24) is 0 Å². The summed E-state index contributed by atoms with van der Waals surface area (Å²) in [6.45, 7) is 4.75. The second-order valence-electron chi connectivity index (χ2n) is 17.1. The van der Waals surface area contributed by atoms with Crippen LogP contribution in [0.2, 0.25) is 0 Å². The maximum atomic E-state index is 2.48. The zero-order chi connectivity index (χ0) is 40.7. The van der Waals surface area contributed by atoms with Crippen LogP contribution in [0.4, 0.5) is 0 Å². The molecule has 0 radical (unpaired) electrons. The fourth-order valence-electron chi connectivity index (χ4n) is 10.6. The number of rotatable bonds is 5. The van der Waals surface area contributed by atoms with Crippen molar-refractivity contribution in [3.63, 3.8) is 0 Å². The molecule has 286 valence electrons. The summed E-state index contributed by atoms with van der Waals surface area (Å²) in [5.74, 6) is 0. The zero-order valence-electron chi connectivity index (χ0n) is 34.3. The van der Waals surface area contributed by atoms with Crippen LogP contribution in [0.3, 0.4) is 0 Å². The molecule has 0 bridgehead atoms. The van der Waals surface area contributed by atoms with Crippen LogP contribution in [0, 0.1) is 0 Å². The van der Waals surface area contributed by atoms with Crippen molar-refractivity contribution >= 4 is 43.1 Å². The summed E-state index contributed by atoms with van der Waals surface area (Å²) in [6, 6.07) is 81.1. The van der Waals surface area contributed by atoms with Gasteiger partial charge in [0.15, 0.2) is 0 Å². The lowest BCUT2D eigenvalue weighted by Crippen LogP contribution is -2.14. The van der Waals surface area contributed by atoms with Crippen molar-refractivity contribution in [2.75, 3.05) is 0 Å². The SMILES string of the molecule is CC1(C)c2ccccc2-c2ccc(-c3c4ccccc4c(-c4ccccc4)c4ccc(-c5ccc(-c6c7ccccc7c(-c7ccccc7)c7ccccc67)cc5)cc34)cc21. The first-order valence-electron chi connectivity index (χ1n) is 21.4. The molecule has 0 N–H and O–H groups in total. The van der Waals surface area contributed by atoms with Gasteiger partial charge in [-0.15, -0.1) is 0 Å². The molecule has 11 aromatic carbocycles. The Bertz CT molecular complexity index is 3460. The van der Waals surface area contributed by atoms with E-state index >= 15 is 0 Å². The molecule has 0 aliphatic heterocycles. The minimum atomic E-state index is -0.0943. The second kappa shape index (κ2) is 13.8.